The molecular weight excluding hydrogens is 423 g/mol. The minimum atomic E-state index is -0.505. The quantitative estimate of drug-likeness (QED) is 0.414. The van der Waals surface area contributed by atoms with Gasteiger partial charge < -0.3 is 19.7 Å². The molecule has 0 aliphatic rings. The van der Waals surface area contributed by atoms with Gasteiger partial charge in [0.05, 0.1) is 19.9 Å². The number of rotatable bonds is 6. The minimum Gasteiger partial charge on any atom is -0.504 e. The fraction of sp³-hybridized carbons (Fsp3) is 0.125. The number of nitrogens with one attached hydrogen (secondary N) is 1. The summed E-state index contributed by atoms with van der Waals surface area (Å²) in [5.74, 6) is 0.823. The summed E-state index contributed by atoms with van der Waals surface area (Å²) in [6.45, 7) is 0.546. The van der Waals surface area contributed by atoms with E-state index in [-0.39, 0.29) is 17.0 Å². The number of benzene rings is 2. The van der Waals surface area contributed by atoms with Crippen molar-refractivity contribution < 1.29 is 14.2 Å². The molecule has 0 radical (unpaired) electrons. The fourth-order valence-corrected chi connectivity index (χ4v) is 3.83. The van der Waals surface area contributed by atoms with Gasteiger partial charge in [-0.25, -0.2) is 19.3 Å². The molecule has 33 heavy (non-hydrogen) atoms. The lowest BCUT2D eigenvalue weighted by Gasteiger charge is -2.12. The molecule has 5 rings (SSSR count). The number of hydrogen-bond acceptors (Lipinski definition) is 6. The largest absolute Gasteiger partial charge is 0.504 e. The summed E-state index contributed by atoms with van der Waals surface area (Å²) in [4.78, 5) is 12.9. The van der Waals surface area contributed by atoms with Crippen LogP contribution in [-0.2, 0) is 6.54 Å². The predicted molar refractivity (Wildman–Crippen MR) is 122 cm³/mol. The Morgan fingerprint density at radius 1 is 1.03 bits per heavy atom. The van der Waals surface area contributed by atoms with Crippen molar-refractivity contribution in [3.8, 4) is 34.1 Å². The second-order valence-electron chi connectivity index (χ2n) is 7.41. The van der Waals surface area contributed by atoms with Crippen molar-refractivity contribution in [3.63, 3.8) is 0 Å². The number of aromatic hydroxyl groups is 1. The van der Waals surface area contributed by atoms with E-state index in [0.717, 1.165) is 11.5 Å². The van der Waals surface area contributed by atoms with Crippen LogP contribution in [0.5, 0.6) is 11.5 Å². The number of nitrogens with zero attached hydrogens (tertiary/aromatic N) is 5. The first-order valence-electron chi connectivity index (χ1n) is 10.3. The molecule has 0 atom stereocenters. The second-order valence-corrected chi connectivity index (χ2v) is 7.41. The highest BCUT2D eigenvalue weighted by Gasteiger charge is 2.19. The summed E-state index contributed by atoms with van der Waals surface area (Å²) >= 11 is 0. The number of imidazole rings is 2. The van der Waals surface area contributed by atoms with Crippen LogP contribution in [0.2, 0.25) is 0 Å². The monoisotopic (exact) mass is 444 g/mol. The standard InChI is InChI=1S/C24H21FN6O2/c1-26-13-21-27-9-10-30(21)16-5-8-18(19(25)11-16)22-24(32)23-20(12-28-22)29-14-31(23)15-3-6-17(33-2)7-4-15/h3-12,14,26,32H,13H2,1-2H3. The Kier molecular flexibility index (Phi) is 5.23. The molecule has 8 nitrogen and oxygen atoms in total. The van der Waals surface area contributed by atoms with E-state index in [0.29, 0.717) is 29.0 Å². The van der Waals surface area contributed by atoms with E-state index in [4.69, 9.17) is 4.74 Å². The molecule has 0 amide bonds. The third-order valence-electron chi connectivity index (χ3n) is 5.45. The molecule has 0 saturated heterocycles. The molecule has 0 bridgehead atoms. The number of hydrogen-bond donors (Lipinski definition) is 2. The van der Waals surface area contributed by atoms with Crippen molar-refractivity contribution in [1.82, 2.24) is 29.4 Å². The van der Waals surface area contributed by atoms with E-state index in [2.05, 4.69) is 20.3 Å². The number of fused-ring (bicyclic) bond motifs is 1. The first kappa shape index (κ1) is 20.7. The summed E-state index contributed by atoms with van der Waals surface area (Å²) in [5, 5.41) is 14.1. The Morgan fingerprint density at radius 3 is 2.55 bits per heavy atom. The van der Waals surface area contributed by atoms with Gasteiger partial charge in [0.15, 0.2) is 5.75 Å². The summed E-state index contributed by atoms with van der Waals surface area (Å²) in [6, 6.07) is 12.1. The number of ether oxygens (including phenoxy) is 1. The average Bonchev–Trinajstić information content (AvgIpc) is 3.48. The van der Waals surface area contributed by atoms with Crippen LogP contribution in [0.1, 0.15) is 5.82 Å². The van der Waals surface area contributed by atoms with Gasteiger partial charge in [-0.15, -0.1) is 0 Å². The fourth-order valence-electron chi connectivity index (χ4n) is 3.83. The third kappa shape index (κ3) is 3.58. The van der Waals surface area contributed by atoms with E-state index in [1.54, 1.807) is 47.1 Å². The third-order valence-corrected chi connectivity index (χ3v) is 5.45. The van der Waals surface area contributed by atoms with Crippen LogP contribution in [0.25, 0.3) is 33.7 Å². The molecule has 3 heterocycles. The number of methoxy groups -OCH3 is 1. The lowest BCUT2D eigenvalue weighted by molar-refractivity contribution is 0.415. The van der Waals surface area contributed by atoms with Crippen LogP contribution in [0.4, 0.5) is 4.39 Å². The normalized spacial score (nSPS) is 11.2. The zero-order valence-corrected chi connectivity index (χ0v) is 18.0. The molecule has 0 fully saturated rings. The Balaban J connectivity index is 1.59. The van der Waals surface area contributed by atoms with Gasteiger partial charge in [-0.1, -0.05) is 0 Å². The van der Waals surface area contributed by atoms with Gasteiger partial charge in [-0.05, 0) is 49.5 Å². The molecular formula is C24H21FN6O2. The molecule has 0 saturated carbocycles. The van der Waals surface area contributed by atoms with Crippen LogP contribution in [0.3, 0.4) is 0 Å². The van der Waals surface area contributed by atoms with Crippen molar-refractivity contribution >= 4 is 11.0 Å². The second kappa shape index (κ2) is 8.36. The van der Waals surface area contributed by atoms with Crippen LogP contribution >= 0.6 is 0 Å². The highest BCUT2D eigenvalue weighted by atomic mass is 19.1. The summed E-state index contributed by atoms with van der Waals surface area (Å²) in [5.41, 5.74) is 2.68. The highest BCUT2D eigenvalue weighted by molar-refractivity contribution is 5.89. The molecule has 166 valence electrons. The minimum absolute atomic E-state index is 0.142. The molecule has 0 aliphatic carbocycles. The van der Waals surface area contributed by atoms with Crippen LogP contribution < -0.4 is 10.1 Å². The molecule has 5 aromatic rings. The number of halogens is 1. The Morgan fingerprint density at radius 2 is 1.82 bits per heavy atom. The molecule has 0 spiro atoms. The maximum atomic E-state index is 15.2. The summed E-state index contributed by atoms with van der Waals surface area (Å²) in [7, 11) is 3.42. The number of pyridine rings is 1. The van der Waals surface area contributed by atoms with Crippen molar-refractivity contribution in [2.75, 3.05) is 14.2 Å². The Labute approximate surface area is 188 Å². The van der Waals surface area contributed by atoms with Crippen molar-refractivity contribution in [1.29, 1.82) is 0 Å². The van der Waals surface area contributed by atoms with Crippen molar-refractivity contribution in [3.05, 3.63) is 79.0 Å². The number of aromatic nitrogens is 5. The first-order valence-corrected chi connectivity index (χ1v) is 10.3. The molecule has 0 unspecified atom stereocenters. The molecule has 3 aromatic heterocycles. The summed E-state index contributed by atoms with van der Waals surface area (Å²) < 4.78 is 24.0. The van der Waals surface area contributed by atoms with Crippen molar-refractivity contribution in [2.45, 2.75) is 6.54 Å². The SMILES string of the molecule is CNCc1nccn1-c1ccc(-c2ncc3ncn(-c4ccc(OC)cc4)c3c2O)c(F)c1. The van der Waals surface area contributed by atoms with E-state index < -0.39 is 5.82 Å². The summed E-state index contributed by atoms with van der Waals surface area (Å²) in [6.07, 6.45) is 6.56. The van der Waals surface area contributed by atoms with Crippen LogP contribution in [0, 0.1) is 5.82 Å². The van der Waals surface area contributed by atoms with E-state index in [1.807, 2.05) is 31.3 Å². The van der Waals surface area contributed by atoms with Crippen LogP contribution in [-0.4, -0.2) is 43.4 Å². The Bertz CT molecular complexity index is 1440. The van der Waals surface area contributed by atoms with E-state index >= 15 is 4.39 Å². The van der Waals surface area contributed by atoms with E-state index in [9.17, 15) is 5.11 Å². The van der Waals surface area contributed by atoms with Gasteiger partial charge in [0.2, 0.25) is 0 Å². The molecule has 2 N–H and O–H groups in total. The zero-order valence-electron chi connectivity index (χ0n) is 18.0. The van der Waals surface area contributed by atoms with Gasteiger partial charge in [0.1, 0.15) is 40.4 Å². The van der Waals surface area contributed by atoms with Crippen LogP contribution in [0.15, 0.2) is 67.4 Å². The molecule has 0 aliphatic heterocycles. The van der Waals surface area contributed by atoms with Gasteiger partial charge >= 0.3 is 0 Å². The molecule has 9 heteroatoms. The average molecular weight is 444 g/mol. The van der Waals surface area contributed by atoms with E-state index in [1.165, 1.54) is 12.3 Å². The van der Waals surface area contributed by atoms with Gasteiger partial charge in [0, 0.05) is 29.3 Å². The zero-order chi connectivity index (χ0) is 22.9. The maximum absolute atomic E-state index is 15.2. The highest BCUT2D eigenvalue weighted by Crippen LogP contribution is 2.36. The Hall–Kier alpha value is -4.24. The molecule has 2 aromatic carbocycles. The van der Waals surface area contributed by atoms with Gasteiger partial charge in [-0.3, -0.25) is 4.57 Å². The first-order chi connectivity index (χ1) is 16.1. The lowest BCUT2D eigenvalue weighted by atomic mass is 10.1. The van der Waals surface area contributed by atoms with Gasteiger partial charge in [0.25, 0.3) is 0 Å². The topological polar surface area (TPSA) is 90.0 Å². The lowest BCUT2D eigenvalue weighted by Crippen LogP contribution is -2.11. The van der Waals surface area contributed by atoms with Crippen molar-refractivity contribution in [2.24, 2.45) is 0 Å². The van der Waals surface area contributed by atoms with Gasteiger partial charge in [-0.2, -0.15) is 0 Å². The smallest absolute Gasteiger partial charge is 0.168 e. The predicted octanol–water partition coefficient (Wildman–Crippen LogP) is 3.85. The maximum Gasteiger partial charge on any atom is 0.168 e.